The van der Waals surface area contributed by atoms with Crippen LogP contribution in [0.15, 0.2) is 29.2 Å². The molecule has 1 saturated heterocycles. The lowest BCUT2D eigenvalue weighted by Crippen LogP contribution is -2.44. The Morgan fingerprint density at radius 1 is 1.25 bits per heavy atom. The predicted octanol–water partition coefficient (Wildman–Crippen LogP) is 2.00. The Bertz CT molecular complexity index is 539. The van der Waals surface area contributed by atoms with Crippen molar-refractivity contribution in [3.63, 3.8) is 0 Å². The molecule has 2 N–H and O–H groups in total. The van der Waals surface area contributed by atoms with Crippen LogP contribution in [-0.2, 0) is 16.4 Å². The van der Waals surface area contributed by atoms with Gasteiger partial charge in [-0.3, -0.25) is 0 Å². The largest absolute Gasteiger partial charge is 0.330 e. The smallest absolute Gasteiger partial charge is 0.243 e. The second-order valence-electron chi connectivity index (χ2n) is 5.78. The van der Waals surface area contributed by atoms with Gasteiger partial charge in [-0.15, -0.1) is 0 Å². The van der Waals surface area contributed by atoms with Crippen LogP contribution >= 0.6 is 0 Å². The lowest BCUT2D eigenvalue weighted by Gasteiger charge is -2.35. The summed E-state index contributed by atoms with van der Waals surface area (Å²) in [5, 5.41) is 0. The van der Waals surface area contributed by atoms with E-state index in [4.69, 9.17) is 5.73 Å². The molecule has 2 atom stereocenters. The van der Waals surface area contributed by atoms with E-state index in [9.17, 15) is 8.42 Å². The summed E-state index contributed by atoms with van der Waals surface area (Å²) >= 11 is 0. The molecular formula is C15H24N2O2S. The molecule has 1 aliphatic heterocycles. The number of benzene rings is 1. The summed E-state index contributed by atoms with van der Waals surface area (Å²) in [5.41, 5.74) is 6.58. The summed E-state index contributed by atoms with van der Waals surface area (Å²) in [4.78, 5) is 0.389. The molecule has 1 aromatic rings. The van der Waals surface area contributed by atoms with Crippen molar-refractivity contribution in [2.75, 3.05) is 13.1 Å². The van der Waals surface area contributed by atoms with Gasteiger partial charge in [-0.25, -0.2) is 8.42 Å². The lowest BCUT2D eigenvalue weighted by atomic mass is 9.95. The SMILES string of the molecule is CC1CCN(S(=O)(=O)c2ccc(CCN)cc2)C(C)C1. The first-order valence-electron chi connectivity index (χ1n) is 7.26. The molecule has 0 aliphatic carbocycles. The molecule has 1 aromatic carbocycles. The maximum absolute atomic E-state index is 12.7. The van der Waals surface area contributed by atoms with Crippen molar-refractivity contribution in [1.29, 1.82) is 0 Å². The zero-order valence-corrected chi connectivity index (χ0v) is 13.1. The average molecular weight is 296 g/mol. The van der Waals surface area contributed by atoms with Gasteiger partial charge in [-0.2, -0.15) is 4.31 Å². The number of sulfonamides is 1. The maximum Gasteiger partial charge on any atom is 0.243 e. The van der Waals surface area contributed by atoms with E-state index in [1.165, 1.54) is 0 Å². The van der Waals surface area contributed by atoms with Crippen LogP contribution in [0.4, 0.5) is 0 Å². The van der Waals surface area contributed by atoms with Crippen molar-refractivity contribution < 1.29 is 8.42 Å². The lowest BCUT2D eigenvalue weighted by molar-refractivity contribution is 0.220. The van der Waals surface area contributed by atoms with Gasteiger partial charge < -0.3 is 5.73 Å². The molecule has 0 saturated carbocycles. The second kappa shape index (κ2) is 6.24. The topological polar surface area (TPSA) is 63.4 Å². The third-order valence-corrected chi connectivity index (χ3v) is 6.07. The van der Waals surface area contributed by atoms with Crippen LogP contribution in [0.3, 0.4) is 0 Å². The van der Waals surface area contributed by atoms with Gasteiger partial charge in [-0.05, 0) is 56.3 Å². The standard InChI is InChI=1S/C15H24N2O2S/c1-12-8-10-17(13(2)11-12)20(18,19)15-5-3-14(4-6-15)7-9-16/h3-6,12-13H,7-11,16H2,1-2H3. The first kappa shape index (κ1) is 15.5. The number of hydrogen-bond donors (Lipinski definition) is 1. The van der Waals surface area contributed by atoms with Gasteiger partial charge in [0.25, 0.3) is 0 Å². The molecule has 1 aliphatic rings. The van der Waals surface area contributed by atoms with E-state index in [2.05, 4.69) is 6.92 Å². The Morgan fingerprint density at radius 3 is 2.45 bits per heavy atom. The molecule has 0 radical (unpaired) electrons. The van der Waals surface area contributed by atoms with Gasteiger partial charge in [0.15, 0.2) is 0 Å². The van der Waals surface area contributed by atoms with Crippen molar-refractivity contribution in [2.45, 2.75) is 44.0 Å². The van der Waals surface area contributed by atoms with E-state index in [1.807, 2.05) is 19.1 Å². The van der Waals surface area contributed by atoms with Gasteiger partial charge in [0, 0.05) is 12.6 Å². The second-order valence-corrected chi connectivity index (χ2v) is 7.67. The minimum absolute atomic E-state index is 0.0764. The fraction of sp³-hybridized carbons (Fsp3) is 0.600. The Hall–Kier alpha value is -0.910. The molecule has 0 bridgehead atoms. The Labute approximate surface area is 122 Å². The van der Waals surface area contributed by atoms with E-state index >= 15 is 0 Å². The average Bonchev–Trinajstić information content (AvgIpc) is 2.39. The van der Waals surface area contributed by atoms with E-state index in [0.29, 0.717) is 23.9 Å². The first-order chi connectivity index (χ1) is 9.45. The van der Waals surface area contributed by atoms with Gasteiger partial charge in [0.05, 0.1) is 4.90 Å². The molecule has 1 heterocycles. The summed E-state index contributed by atoms with van der Waals surface area (Å²) < 4.78 is 27.0. The highest BCUT2D eigenvalue weighted by molar-refractivity contribution is 7.89. The third kappa shape index (κ3) is 3.22. The van der Waals surface area contributed by atoms with Crippen LogP contribution in [0.2, 0.25) is 0 Å². The summed E-state index contributed by atoms with van der Waals surface area (Å²) in [6.07, 6.45) is 2.65. The Morgan fingerprint density at radius 2 is 1.90 bits per heavy atom. The molecule has 2 rings (SSSR count). The highest BCUT2D eigenvalue weighted by atomic mass is 32.2. The van der Waals surface area contributed by atoms with Crippen molar-refractivity contribution >= 4 is 10.0 Å². The molecule has 4 nitrogen and oxygen atoms in total. The van der Waals surface area contributed by atoms with Crippen LogP contribution in [0, 0.1) is 5.92 Å². The van der Waals surface area contributed by atoms with Gasteiger partial charge in [0.1, 0.15) is 0 Å². The van der Waals surface area contributed by atoms with Crippen molar-refractivity contribution in [3.8, 4) is 0 Å². The number of piperidine rings is 1. The zero-order valence-electron chi connectivity index (χ0n) is 12.2. The summed E-state index contributed by atoms with van der Waals surface area (Å²) in [7, 11) is -3.36. The van der Waals surface area contributed by atoms with Gasteiger partial charge in [-0.1, -0.05) is 19.1 Å². The summed E-state index contributed by atoms with van der Waals surface area (Å²) in [6.45, 7) is 5.38. The van der Waals surface area contributed by atoms with Crippen LogP contribution in [0.25, 0.3) is 0 Å². The molecule has 1 fully saturated rings. The fourth-order valence-electron chi connectivity index (χ4n) is 2.87. The minimum Gasteiger partial charge on any atom is -0.330 e. The van der Waals surface area contributed by atoms with Crippen LogP contribution in [0.1, 0.15) is 32.3 Å². The Kier molecular flexibility index (Phi) is 4.83. The van der Waals surface area contributed by atoms with E-state index in [1.54, 1.807) is 16.4 Å². The molecule has 0 amide bonds. The van der Waals surface area contributed by atoms with Gasteiger partial charge >= 0.3 is 0 Å². The van der Waals surface area contributed by atoms with Crippen LogP contribution in [-0.4, -0.2) is 31.9 Å². The highest BCUT2D eigenvalue weighted by Gasteiger charge is 2.32. The number of hydrogen-bond acceptors (Lipinski definition) is 3. The quantitative estimate of drug-likeness (QED) is 0.924. The van der Waals surface area contributed by atoms with Crippen LogP contribution in [0.5, 0.6) is 0 Å². The normalized spacial score (nSPS) is 24.8. The number of nitrogens with two attached hydrogens (primary N) is 1. The van der Waals surface area contributed by atoms with Crippen molar-refractivity contribution in [3.05, 3.63) is 29.8 Å². The summed E-state index contributed by atoms with van der Waals surface area (Å²) in [6, 6.07) is 7.19. The van der Waals surface area contributed by atoms with Crippen molar-refractivity contribution in [2.24, 2.45) is 11.7 Å². The maximum atomic E-state index is 12.7. The van der Waals surface area contributed by atoms with Gasteiger partial charge in [0.2, 0.25) is 10.0 Å². The fourth-order valence-corrected chi connectivity index (χ4v) is 4.53. The molecular weight excluding hydrogens is 272 g/mol. The monoisotopic (exact) mass is 296 g/mol. The third-order valence-electron chi connectivity index (χ3n) is 4.04. The molecule has 2 unspecified atom stereocenters. The van der Waals surface area contributed by atoms with E-state index in [0.717, 1.165) is 24.8 Å². The highest BCUT2D eigenvalue weighted by Crippen LogP contribution is 2.28. The summed E-state index contributed by atoms with van der Waals surface area (Å²) in [5.74, 6) is 0.600. The van der Waals surface area contributed by atoms with Crippen molar-refractivity contribution in [1.82, 2.24) is 4.31 Å². The molecule has 0 spiro atoms. The predicted molar refractivity (Wildman–Crippen MR) is 81.0 cm³/mol. The molecule has 0 aromatic heterocycles. The molecule has 5 heteroatoms. The Balaban J connectivity index is 2.21. The van der Waals surface area contributed by atoms with E-state index < -0.39 is 10.0 Å². The first-order valence-corrected chi connectivity index (χ1v) is 8.70. The zero-order chi connectivity index (χ0) is 14.8. The van der Waals surface area contributed by atoms with E-state index in [-0.39, 0.29) is 6.04 Å². The van der Waals surface area contributed by atoms with Crippen LogP contribution < -0.4 is 5.73 Å². The number of nitrogens with zero attached hydrogens (tertiary/aromatic N) is 1. The minimum atomic E-state index is -3.36. The molecule has 112 valence electrons. The molecule has 20 heavy (non-hydrogen) atoms. The number of rotatable bonds is 4.